The van der Waals surface area contributed by atoms with Gasteiger partial charge >= 0.3 is 56.7 Å². The van der Waals surface area contributed by atoms with Gasteiger partial charge in [-0.05, 0) is 0 Å². The Bertz CT molecular complexity index is 74.1. The van der Waals surface area contributed by atoms with E-state index in [1.807, 2.05) is 3.18 Å². The summed E-state index contributed by atoms with van der Waals surface area (Å²) in [6.07, 6.45) is 0. The zero-order chi connectivity index (χ0) is 5.86. The van der Waals surface area contributed by atoms with Gasteiger partial charge in [0.2, 0.25) is 0 Å². The molecule has 2 heteroatoms. The SMILES string of the molecule is [CH3][Ge]=[C](C)[Ge]([CH3])[CH3]. The Hall–Kier alpha value is 0.956. The third-order valence-corrected chi connectivity index (χ3v) is 14.0. The summed E-state index contributed by atoms with van der Waals surface area (Å²) in [5, 5.41) is 0. The van der Waals surface area contributed by atoms with E-state index in [4.69, 9.17) is 0 Å². The van der Waals surface area contributed by atoms with Gasteiger partial charge in [0.15, 0.2) is 0 Å². The van der Waals surface area contributed by atoms with Crippen molar-refractivity contribution in [3.63, 3.8) is 0 Å². The van der Waals surface area contributed by atoms with Crippen LogP contribution in [-0.4, -0.2) is 32.5 Å². The number of rotatable bonds is 1. The molecule has 0 aliphatic heterocycles. The van der Waals surface area contributed by atoms with E-state index in [2.05, 4.69) is 24.2 Å². The van der Waals surface area contributed by atoms with Crippen LogP contribution < -0.4 is 0 Å². The summed E-state index contributed by atoms with van der Waals surface area (Å²) >= 11 is -0.134. The van der Waals surface area contributed by atoms with E-state index >= 15 is 0 Å². The van der Waals surface area contributed by atoms with Crippen molar-refractivity contribution >= 4 is 32.5 Å². The quantitative estimate of drug-likeness (QED) is 0.580. The zero-order valence-corrected chi connectivity index (χ0v) is 9.70. The van der Waals surface area contributed by atoms with Crippen LogP contribution in [0, 0.1) is 0 Å². The van der Waals surface area contributed by atoms with Crippen molar-refractivity contribution in [2.24, 2.45) is 0 Å². The third kappa shape index (κ3) is 3.53. The van der Waals surface area contributed by atoms with Gasteiger partial charge in [-0.15, -0.1) is 0 Å². The van der Waals surface area contributed by atoms with E-state index < -0.39 is 14.3 Å². The molecule has 0 N–H and O–H groups in total. The molecule has 0 aliphatic rings. The molecule has 0 bridgehead atoms. The summed E-state index contributed by atoms with van der Waals surface area (Å²) in [6.45, 7) is 2.34. The predicted octanol–water partition coefficient (Wildman–Crippen LogP) is 1.22. The molecule has 0 nitrogen and oxygen atoms in total. The van der Waals surface area contributed by atoms with Crippen LogP contribution in [-0.2, 0) is 0 Å². The fraction of sp³-hybridized carbons (Fsp3) is 0.800. The summed E-state index contributed by atoms with van der Waals surface area (Å²) < 4.78 is 1.89. The molecular weight excluding hydrogens is 205 g/mol. The molecule has 7 heavy (non-hydrogen) atoms. The van der Waals surface area contributed by atoms with Crippen LogP contribution in [0.5, 0.6) is 0 Å². The van der Waals surface area contributed by atoms with Crippen LogP contribution in [0.4, 0.5) is 0 Å². The van der Waals surface area contributed by atoms with E-state index in [9.17, 15) is 0 Å². The molecule has 0 atom stereocenters. The van der Waals surface area contributed by atoms with Crippen molar-refractivity contribution in [3.05, 3.63) is 0 Å². The van der Waals surface area contributed by atoms with Crippen LogP contribution in [0.15, 0.2) is 0 Å². The second kappa shape index (κ2) is 3.90. The molecule has 2 radical (unpaired) electrons. The van der Waals surface area contributed by atoms with Gasteiger partial charge < -0.3 is 0 Å². The molecule has 0 aromatic rings. The molecule has 0 fully saturated rings. The Morgan fingerprint density at radius 1 is 1.43 bits per heavy atom. The Morgan fingerprint density at radius 3 is 1.86 bits per heavy atom. The van der Waals surface area contributed by atoms with Crippen molar-refractivity contribution in [2.45, 2.75) is 24.2 Å². The monoisotopic (exact) mass is 220 g/mol. The summed E-state index contributed by atoms with van der Waals surface area (Å²) in [5.41, 5.74) is 0. The Labute approximate surface area is 56.8 Å². The first-order valence-electron chi connectivity index (χ1n) is 2.50. The molecule has 0 aliphatic carbocycles. The van der Waals surface area contributed by atoms with Crippen molar-refractivity contribution < 1.29 is 0 Å². The first kappa shape index (κ1) is 7.96. The molecule has 0 saturated heterocycles. The molecule has 0 rings (SSSR count). The van der Waals surface area contributed by atoms with E-state index in [1.54, 1.807) is 0 Å². The fourth-order valence-electron chi connectivity index (χ4n) is 0.250. The molecule has 0 unspecified atom stereocenters. The van der Waals surface area contributed by atoms with Gasteiger partial charge in [-0.25, -0.2) is 0 Å². The van der Waals surface area contributed by atoms with Gasteiger partial charge in [-0.3, -0.25) is 0 Å². The topological polar surface area (TPSA) is 0 Å². The van der Waals surface area contributed by atoms with Crippen LogP contribution in [0.2, 0.25) is 17.3 Å². The number of hydrogen-bond donors (Lipinski definition) is 0. The van der Waals surface area contributed by atoms with Gasteiger partial charge in [-0.2, -0.15) is 0 Å². The molecule has 0 spiro atoms. The molecule has 0 saturated carbocycles. The Morgan fingerprint density at radius 2 is 1.86 bits per heavy atom. The third-order valence-electron chi connectivity index (χ3n) is 1.12. The van der Waals surface area contributed by atoms with Crippen molar-refractivity contribution in [1.82, 2.24) is 0 Å². The van der Waals surface area contributed by atoms with Gasteiger partial charge in [0.1, 0.15) is 0 Å². The molecule has 0 heterocycles. The number of hydrogen-bond acceptors (Lipinski definition) is 0. The second-order valence-electron chi connectivity index (χ2n) is 1.88. The van der Waals surface area contributed by atoms with Crippen LogP contribution in [0.25, 0.3) is 0 Å². The average Bonchev–Trinajstić information content (AvgIpc) is 1.65. The first-order valence-corrected chi connectivity index (χ1v) is 10.9. The summed E-state index contributed by atoms with van der Waals surface area (Å²) in [6, 6.07) is 0. The van der Waals surface area contributed by atoms with Gasteiger partial charge in [-0.1, -0.05) is 0 Å². The zero-order valence-electron chi connectivity index (χ0n) is 5.50. The predicted molar refractivity (Wildman–Crippen MR) is 39.8 cm³/mol. The average molecular weight is 217 g/mol. The fourth-order valence-corrected chi connectivity index (χ4v) is 6.75. The summed E-state index contributed by atoms with van der Waals surface area (Å²) in [4.78, 5) is 0. The minimum atomic E-state index is -0.519. The minimum absolute atomic E-state index is 0.384. The molecule has 0 aromatic carbocycles. The van der Waals surface area contributed by atoms with Crippen molar-refractivity contribution in [3.8, 4) is 0 Å². The second-order valence-corrected chi connectivity index (χ2v) is 12.5. The van der Waals surface area contributed by atoms with Crippen LogP contribution in [0.3, 0.4) is 0 Å². The van der Waals surface area contributed by atoms with E-state index in [0.717, 1.165) is 0 Å². The molecule has 0 aromatic heterocycles. The summed E-state index contributed by atoms with van der Waals surface area (Å²) in [5.74, 6) is 7.24. The van der Waals surface area contributed by atoms with E-state index in [0.29, 0.717) is 15.0 Å². The molecular formula is C5H12Ge2. The van der Waals surface area contributed by atoms with Crippen molar-refractivity contribution in [2.75, 3.05) is 0 Å². The molecule has 0 amide bonds. The standard InChI is InChI=1S/C5H12Ge2/c1-5(6-2)7(3)4/h1-4H3. The first-order chi connectivity index (χ1) is 3.18. The van der Waals surface area contributed by atoms with Crippen LogP contribution in [0.1, 0.15) is 6.92 Å². The molecule has 40 valence electrons. The summed E-state index contributed by atoms with van der Waals surface area (Å²) in [7, 11) is 0. The van der Waals surface area contributed by atoms with Gasteiger partial charge in [0, 0.05) is 0 Å². The van der Waals surface area contributed by atoms with E-state index in [1.165, 1.54) is 0 Å². The normalized spacial score (nSPS) is 13.0. The van der Waals surface area contributed by atoms with E-state index in [-0.39, 0.29) is 0 Å². The van der Waals surface area contributed by atoms with Crippen LogP contribution >= 0.6 is 0 Å². The Balaban J connectivity index is 3.56. The van der Waals surface area contributed by atoms with Crippen molar-refractivity contribution in [1.29, 1.82) is 0 Å². The van der Waals surface area contributed by atoms with Gasteiger partial charge in [0.05, 0.1) is 0 Å². The maximum absolute atomic E-state index is 2.43. The Kier molecular flexibility index (Phi) is 4.43. The maximum atomic E-state index is 2.43. The van der Waals surface area contributed by atoms with Gasteiger partial charge in [0.25, 0.3) is 0 Å².